The predicted molar refractivity (Wildman–Crippen MR) is 92.9 cm³/mol. The highest BCUT2D eigenvalue weighted by molar-refractivity contribution is 5.87. The van der Waals surface area contributed by atoms with Crippen molar-refractivity contribution in [2.75, 3.05) is 5.32 Å². The Morgan fingerprint density at radius 1 is 1.15 bits per heavy atom. The Morgan fingerprint density at radius 2 is 1.89 bits per heavy atom. The van der Waals surface area contributed by atoms with Crippen LogP contribution in [0.3, 0.4) is 0 Å². The lowest BCUT2D eigenvalue weighted by atomic mass is 9.77. The van der Waals surface area contributed by atoms with Gasteiger partial charge in [-0.2, -0.15) is 0 Å². The summed E-state index contributed by atoms with van der Waals surface area (Å²) in [4.78, 5) is 11.0. The number of benzene rings is 2. The summed E-state index contributed by atoms with van der Waals surface area (Å²) >= 11 is 0. The van der Waals surface area contributed by atoms with E-state index >= 15 is 0 Å². The summed E-state index contributed by atoms with van der Waals surface area (Å²) < 4.78 is 41.6. The Balaban J connectivity index is 1.67. The fourth-order valence-electron chi connectivity index (χ4n) is 3.93. The van der Waals surface area contributed by atoms with Gasteiger partial charge < -0.3 is 15.2 Å². The number of aromatic carboxylic acids is 1. The number of carboxylic acid groups (broad SMARTS) is 1. The van der Waals surface area contributed by atoms with Crippen LogP contribution in [0.2, 0.25) is 0 Å². The average molecular weight is 375 g/mol. The quantitative estimate of drug-likeness (QED) is 0.732. The number of fused-ring (bicyclic) bond motifs is 3. The Labute approximate surface area is 153 Å². The summed E-state index contributed by atoms with van der Waals surface area (Å²) in [6, 6.07) is 11.0. The first-order valence-electron chi connectivity index (χ1n) is 8.48. The molecule has 1 heterocycles. The number of hydrogen-bond acceptors (Lipinski definition) is 3. The number of rotatable bonds is 3. The van der Waals surface area contributed by atoms with E-state index in [2.05, 4.69) is 10.1 Å². The molecule has 2 aromatic carbocycles. The fraction of sp³-hybridized carbons (Fsp3) is 0.250. The Morgan fingerprint density at radius 3 is 2.56 bits per heavy atom. The Hall–Kier alpha value is -2.96. The van der Waals surface area contributed by atoms with Crippen molar-refractivity contribution in [1.82, 2.24) is 0 Å². The van der Waals surface area contributed by atoms with Crippen LogP contribution in [-0.4, -0.2) is 17.4 Å². The van der Waals surface area contributed by atoms with E-state index in [1.165, 1.54) is 12.1 Å². The molecule has 2 aliphatic rings. The number of carboxylic acids is 1. The lowest BCUT2D eigenvalue weighted by Crippen LogP contribution is -2.29. The molecule has 7 heteroatoms. The van der Waals surface area contributed by atoms with Gasteiger partial charge in [-0.25, -0.2) is 4.79 Å². The maximum Gasteiger partial charge on any atom is 0.573 e. The molecule has 1 aliphatic carbocycles. The zero-order valence-corrected chi connectivity index (χ0v) is 14.0. The second kappa shape index (κ2) is 6.33. The molecule has 0 saturated carbocycles. The van der Waals surface area contributed by atoms with Crippen molar-refractivity contribution in [2.24, 2.45) is 5.92 Å². The van der Waals surface area contributed by atoms with E-state index in [1.54, 1.807) is 30.3 Å². The van der Waals surface area contributed by atoms with Crippen LogP contribution in [-0.2, 0) is 0 Å². The van der Waals surface area contributed by atoms with E-state index in [1.807, 2.05) is 12.2 Å². The van der Waals surface area contributed by atoms with Crippen LogP contribution in [0.1, 0.15) is 39.9 Å². The number of anilines is 1. The first kappa shape index (κ1) is 17.5. The molecule has 0 amide bonds. The molecule has 0 saturated heterocycles. The highest BCUT2D eigenvalue weighted by atomic mass is 19.4. The van der Waals surface area contributed by atoms with Crippen molar-refractivity contribution in [3.63, 3.8) is 0 Å². The lowest BCUT2D eigenvalue weighted by molar-refractivity contribution is -0.274. The van der Waals surface area contributed by atoms with Gasteiger partial charge in [0.1, 0.15) is 5.75 Å². The van der Waals surface area contributed by atoms with Crippen molar-refractivity contribution < 1.29 is 27.8 Å². The number of carbonyl (C=O) groups is 1. The largest absolute Gasteiger partial charge is 0.573 e. The highest BCUT2D eigenvalue weighted by Gasteiger charge is 2.39. The van der Waals surface area contributed by atoms with E-state index in [0.717, 1.165) is 23.2 Å². The molecule has 27 heavy (non-hydrogen) atoms. The van der Waals surface area contributed by atoms with Crippen molar-refractivity contribution in [3.8, 4) is 5.75 Å². The third kappa shape index (κ3) is 3.37. The van der Waals surface area contributed by atoms with E-state index < -0.39 is 12.3 Å². The molecule has 0 unspecified atom stereocenters. The normalized spacial score (nSPS) is 23.3. The molecular weight excluding hydrogens is 359 g/mol. The minimum atomic E-state index is -4.73. The molecule has 2 N–H and O–H groups in total. The van der Waals surface area contributed by atoms with E-state index in [9.17, 15) is 18.0 Å². The number of halogens is 3. The fourth-order valence-corrected chi connectivity index (χ4v) is 3.93. The maximum atomic E-state index is 12.5. The molecule has 4 rings (SSSR count). The van der Waals surface area contributed by atoms with Crippen molar-refractivity contribution >= 4 is 11.7 Å². The highest BCUT2D eigenvalue weighted by Crippen LogP contribution is 2.50. The van der Waals surface area contributed by atoms with E-state index in [-0.39, 0.29) is 29.2 Å². The molecule has 0 fully saturated rings. The minimum absolute atomic E-state index is 0.0258. The smallest absolute Gasteiger partial charge is 0.478 e. The molecule has 140 valence electrons. The summed E-state index contributed by atoms with van der Waals surface area (Å²) in [5.74, 6) is -1.11. The minimum Gasteiger partial charge on any atom is -0.478 e. The topological polar surface area (TPSA) is 58.6 Å². The van der Waals surface area contributed by atoms with Crippen LogP contribution >= 0.6 is 0 Å². The molecular formula is C20H16F3NO3. The number of allylic oxidation sites excluding steroid dienone is 2. The second-order valence-electron chi connectivity index (χ2n) is 6.70. The predicted octanol–water partition coefficient (Wildman–Crippen LogP) is 5.11. The van der Waals surface area contributed by atoms with Crippen LogP contribution in [0.4, 0.5) is 18.9 Å². The molecule has 2 aromatic rings. The standard InChI is InChI=1S/C20H16F3NO3/c21-20(22,23)27-13-8-9-17-16(10-13)14-2-1-3-15(14)18(24-17)11-4-6-12(7-5-11)19(25)26/h1-2,4-10,14-15,18,24H,3H2,(H,25,26)/t14-,15+,18+/m1/s1. The van der Waals surface area contributed by atoms with Gasteiger partial charge in [-0.15, -0.1) is 13.2 Å². The van der Waals surface area contributed by atoms with Crippen LogP contribution in [0.15, 0.2) is 54.6 Å². The Kier molecular flexibility index (Phi) is 4.09. The first-order valence-corrected chi connectivity index (χ1v) is 8.48. The molecule has 4 nitrogen and oxygen atoms in total. The summed E-state index contributed by atoms with van der Waals surface area (Å²) in [6.45, 7) is 0. The summed E-state index contributed by atoms with van der Waals surface area (Å²) in [7, 11) is 0. The van der Waals surface area contributed by atoms with Gasteiger partial charge in [0, 0.05) is 11.6 Å². The summed E-state index contributed by atoms with van der Waals surface area (Å²) in [5, 5.41) is 12.5. The van der Waals surface area contributed by atoms with Gasteiger partial charge in [0.25, 0.3) is 0 Å². The van der Waals surface area contributed by atoms with Gasteiger partial charge in [0.15, 0.2) is 0 Å². The van der Waals surface area contributed by atoms with Gasteiger partial charge in [0.05, 0.1) is 11.6 Å². The van der Waals surface area contributed by atoms with Crippen molar-refractivity contribution in [2.45, 2.75) is 24.7 Å². The molecule has 0 aromatic heterocycles. The molecule has 3 atom stereocenters. The van der Waals surface area contributed by atoms with Gasteiger partial charge in [-0.1, -0.05) is 24.3 Å². The van der Waals surface area contributed by atoms with E-state index in [4.69, 9.17) is 5.11 Å². The molecule has 0 bridgehead atoms. The number of alkyl halides is 3. The van der Waals surface area contributed by atoms with Gasteiger partial charge >= 0.3 is 12.3 Å². The summed E-state index contributed by atoms with van der Waals surface area (Å²) in [5.41, 5.74) is 2.68. The van der Waals surface area contributed by atoms with Gasteiger partial charge in [-0.05, 0) is 53.8 Å². The zero-order valence-electron chi connectivity index (χ0n) is 14.0. The Bertz CT molecular complexity index is 906. The summed E-state index contributed by atoms with van der Waals surface area (Å²) in [6.07, 6.45) is 0.102. The monoisotopic (exact) mass is 375 g/mol. The van der Waals surface area contributed by atoms with Gasteiger partial charge in [0.2, 0.25) is 0 Å². The number of nitrogens with one attached hydrogen (secondary N) is 1. The molecule has 0 radical (unpaired) electrons. The van der Waals surface area contributed by atoms with E-state index in [0.29, 0.717) is 0 Å². The lowest BCUT2D eigenvalue weighted by Gasteiger charge is -2.37. The van der Waals surface area contributed by atoms with Crippen LogP contribution in [0, 0.1) is 5.92 Å². The first-order chi connectivity index (χ1) is 12.8. The van der Waals surface area contributed by atoms with Gasteiger partial charge in [-0.3, -0.25) is 0 Å². The van der Waals surface area contributed by atoms with Crippen LogP contribution in [0.5, 0.6) is 5.75 Å². The third-order valence-corrected chi connectivity index (χ3v) is 5.08. The van der Waals surface area contributed by atoms with Crippen molar-refractivity contribution in [1.29, 1.82) is 0 Å². The van der Waals surface area contributed by atoms with Crippen LogP contribution in [0.25, 0.3) is 0 Å². The van der Waals surface area contributed by atoms with Crippen LogP contribution < -0.4 is 10.1 Å². The number of hydrogen-bond donors (Lipinski definition) is 2. The second-order valence-corrected chi connectivity index (χ2v) is 6.70. The molecule has 0 spiro atoms. The maximum absolute atomic E-state index is 12.5. The van der Waals surface area contributed by atoms with Crippen molar-refractivity contribution in [3.05, 3.63) is 71.3 Å². The zero-order chi connectivity index (χ0) is 19.2. The number of ether oxygens (including phenoxy) is 1. The third-order valence-electron chi connectivity index (χ3n) is 5.08. The molecule has 1 aliphatic heterocycles. The average Bonchev–Trinajstić information content (AvgIpc) is 3.10. The SMILES string of the molecule is O=C(O)c1ccc([C@@H]2Nc3ccc(OC(F)(F)F)cc3[C@@H]3C=CC[C@@H]32)cc1.